The molecule has 142 valence electrons. The minimum absolute atomic E-state index is 0.119. The van der Waals surface area contributed by atoms with Crippen LogP contribution in [0, 0.1) is 33.0 Å². The molecule has 3 rings (SSSR count). The number of aryl methyl sites for hydroxylation is 1. The Labute approximate surface area is 153 Å². The fourth-order valence-electron chi connectivity index (χ4n) is 3.58. The Morgan fingerprint density at radius 2 is 2.00 bits per heavy atom. The van der Waals surface area contributed by atoms with Gasteiger partial charge in [0.05, 0.1) is 22.5 Å². The average molecular weight is 375 g/mol. The molecule has 1 aliphatic rings. The molecule has 2 aromatic rings. The lowest BCUT2D eigenvalue weighted by atomic mass is 9.87. The van der Waals surface area contributed by atoms with Crippen LogP contribution in [0.1, 0.15) is 41.1 Å². The third-order valence-electron chi connectivity index (χ3n) is 4.93. The first-order chi connectivity index (χ1) is 12.8. The molecule has 1 aliphatic carbocycles. The van der Waals surface area contributed by atoms with Crippen molar-refractivity contribution in [2.45, 2.75) is 38.8 Å². The zero-order valence-electron chi connectivity index (χ0n) is 14.6. The third-order valence-corrected chi connectivity index (χ3v) is 4.93. The summed E-state index contributed by atoms with van der Waals surface area (Å²) in [6.07, 6.45) is 2.08. The third kappa shape index (κ3) is 3.45. The van der Waals surface area contributed by atoms with Crippen LogP contribution in [0.3, 0.4) is 0 Å². The van der Waals surface area contributed by atoms with Crippen LogP contribution in [-0.2, 0) is 13.0 Å². The summed E-state index contributed by atoms with van der Waals surface area (Å²) in [4.78, 5) is 21.7. The number of benzene rings is 2. The van der Waals surface area contributed by atoms with Crippen molar-refractivity contribution in [1.82, 2.24) is 0 Å². The molecule has 0 radical (unpaired) electrons. The van der Waals surface area contributed by atoms with E-state index < -0.39 is 39.7 Å². The number of rotatable bonds is 5. The molecule has 1 unspecified atom stereocenters. The predicted octanol–water partition coefficient (Wildman–Crippen LogP) is 3.93. The van der Waals surface area contributed by atoms with Crippen molar-refractivity contribution >= 4 is 17.1 Å². The highest BCUT2D eigenvalue weighted by atomic mass is 19.1. The van der Waals surface area contributed by atoms with Crippen LogP contribution in [0.4, 0.5) is 21.5 Å². The number of nitrogens with zero attached hydrogens (tertiary/aromatic N) is 2. The molecular weight excluding hydrogens is 357 g/mol. The molecule has 0 bridgehead atoms. The molecular formula is C18H18FN3O5. The fraction of sp³-hybridized carbons (Fsp3) is 0.333. The van der Waals surface area contributed by atoms with Gasteiger partial charge < -0.3 is 10.4 Å². The Morgan fingerprint density at radius 1 is 1.26 bits per heavy atom. The van der Waals surface area contributed by atoms with Crippen LogP contribution in [0.25, 0.3) is 0 Å². The highest BCUT2D eigenvalue weighted by Gasteiger charge is 2.33. The number of halogens is 1. The summed E-state index contributed by atoms with van der Waals surface area (Å²) in [7, 11) is 0. The highest BCUT2D eigenvalue weighted by Crippen LogP contribution is 2.43. The zero-order valence-corrected chi connectivity index (χ0v) is 14.6. The number of hydrogen-bond acceptors (Lipinski definition) is 6. The van der Waals surface area contributed by atoms with Crippen molar-refractivity contribution in [3.63, 3.8) is 0 Å². The van der Waals surface area contributed by atoms with Crippen molar-refractivity contribution in [2.24, 2.45) is 0 Å². The first-order valence-electron chi connectivity index (χ1n) is 8.44. The summed E-state index contributed by atoms with van der Waals surface area (Å²) in [5.41, 5.74) is 0.682. The lowest BCUT2D eigenvalue weighted by molar-refractivity contribution is -0.392. The number of fused-ring (bicyclic) bond motifs is 1. The average Bonchev–Trinajstić information content (AvgIpc) is 2.61. The summed E-state index contributed by atoms with van der Waals surface area (Å²) in [6.45, 7) is 0.887. The highest BCUT2D eigenvalue weighted by molar-refractivity contribution is 5.78. The summed E-state index contributed by atoms with van der Waals surface area (Å²) < 4.78 is 13.7. The number of aliphatic hydroxyl groups excluding tert-OH is 1. The molecule has 2 aromatic carbocycles. The minimum Gasteiger partial charge on any atom is -0.392 e. The molecule has 1 atom stereocenters. The van der Waals surface area contributed by atoms with Crippen LogP contribution in [-0.4, -0.2) is 15.0 Å². The van der Waals surface area contributed by atoms with E-state index in [1.54, 1.807) is 6.07 Å². The van der Waals surface area contributed by atoms with Crippen LogP contribution >= 0.6 is 0 Å². The van der Waals surface area contributed by atoms with Crippen LogP contribution in [0.15, 0.2) is 24.3 Å². The fourth-order valence-corrected chi connectivity index (χ4v) is 3.58. The molecule has 0 spiro atoms. The normalized spacial score (nSPS) is 15.9. The molecule has 0 saturated heterocycles. The number of nitro benzene ring substituents is 2. The minimum atomic E-state index is -0.719. The van der Waals surface area contributed by atoms with Gasteiger partial charge in [-0.15, -0.1) is 0 Å². The lowest BCUT2D eigenvalue weighted by Gasteiger charge is -2.27. The Hall–Kier alpha value is -3.07. The zero-order chi connectivity index (χ0) is 19.7. The Morgan fingerprint density at radius 3 is 2.63 bits per heavy atom. The van der Waals surface area contributed by atoms with Crippen LogP contribution < -0.4 is 5.32 Å². The van der Waals surface area contributed by atoms with Gasteiger partial charge in [-0.2, -0.15) is 0 Å². The number of hydrogen-bond donors (Lipinski definition) is 2. The van der Waals surface area contributed by atoms with E-state index in [0.717, 1.165) is 24.5 Å². The summed E-state index contributed by atoms with van der Waals surface area (Å²) in [5, 5.41) is 35.5. The van der Waals surface area contributed by atoms with Gasteiger partial charge in [-0.25, -0.2) is 4.39 Å². The molecule has 0 aliphatic heterocycles. The maximum absolute atomic E-state index is 13.7. The van der Waals surface area contributed by atoms with E-state index >= 15 is 0 Å². The van der Waals surface area contributed by atoms with E-state index in [1.807, 2.05) is 0 Å². The van der Waals surface area contributed by atoms with E-state index in [-0.39, 0.29) is 16.8 Å². The Balaban J connectivity index is 2.15. The first kappa shape index (κ1) is 18.7. The first-order valence-corrected chi connectivity index (χ1v) is 8.44. The van der Waals surface area contributed by atoms with Crippen molar-refractivity contribution in [3.8, 4) is 0 Å². The smallest absolute Gasteiger partial charge is 0.302 e. The summed E-state index contributed by atoms with van der Waals surface area (Å²) >= 11 is 0. The summed E-state index contributed by atoms with van der Waals surface area (Å²) in [5.74, 6) is -0.432. The van der Waals surface area contributed by atoms with Gasteiger partial charge in [-0.05, 0) is 55.0 Å². The maximum atomic E-state index is 13.7. The van der Waals surface area contributed by atoms with Crippen LogP contribution in [0.5, 0.6) is 0 Å². The van der Waals surface area contributed by atoms with Gasteiger partial charge in [0, 0.05) is 11.6 Å². The maximum Gasteiger partial charge on any atom is 0.302 e. The van der Waals surface area contributed by atoms with Gasteiger partial charge in [-0.3, -0.25) is 20.2 Å². The SMILES string of the molecule is Cc1c(CO)cc([N+](=O)[O-])c(NC2CCCc3ccc(F)cc32)c1[N+](=O)[O-]. The molecule has 9 heteroatoms. The lowest BCUT2D eigenvalue weighted by Crippen LogP contribution is -2.19. The second-order valence-corrected chi connectivity index (χ2v) is 6.51. The van der Waals surface area contributed by atoms with E-state index in [1.165, 1.54) is 19.1 Å². The Bertz CT molecular complexity index is 932. The van der Waals surface area contributed by atoms with E-state index in [4.69, 9.17) is 0 Å². The molecule has 0 saturated carbocycles. The number of anilines is 1. The summed E-state index contributed by atoms with van der Waals surface area (Å²) in [6, 6.07) is 5.04. The topological polar surface area (TPSA) is 119 Å². The van der Waals surface area contributed by atoms with Crippen molar-refractivity contribution in [1.29, 1.82) is 0 Å². The van der Waals surface area contributed by atoms with Crippen molar-refractivity contribution < 1.29 is 19.3 Å². The van der Waals surface area contributed by atoms with Gasteiger partial charge in [0.25, 0.3) is 5.69 Å². The molecule has 0 heterocycles. The van der Waals surface area contributed by atoms with Crippen molar-refractivity contribution in [2.75, 3.05) is 5.32 Å². The van der Waals surface area contributed by atoms with Gasteiger partial charge >= 0.3 is 5.69 Å². The second kappa shape index (κ2) is 7.28. The quantitative estimate of drug-likeness (QED) is 0.604. The standard InChI is InChI=1S/C18H18FN3O5/c1-10-12(9-23)7-16(21(24)25)17(18(10)22(26)27)20-15-4-2-3-11-5-6-13(19)8-14(11)15/h5-8,15,20,23H,2-4,9H2,1H3. The predicted molar refractivity (Wildman–Crippen MR) is 96.1 cm³/mol. The monoisotopic (exact) mass is 375 g/mol. The van der Waals surface area contributed by atoms with E-state index in [0.29, 0.717) is 12.0 Å². The van der Waals surface area contributed by atoms with E-state index in [9.17, 15) is 29.7 Å². The largest absolute Gasteiger partial charge is 0.392 e. The number of nitro groups is 2. The molecule has 27 heavy (non-hydrogen) atoms. The van der Waals surface area contributed by atoms with Gasteiger partial charge in [-0.1, -0.05) is 6.07 Å². The molecule has 0 aromatic heterocycles. The second-order valence-electron chi connectivity index (χ2n) is 6.51. The number of aliphatic hydroxyl groups is 1. The molecule has 2 N–H and O–H groups in total. The van der Waals surface area contributed by atoms with Gasteiger partial charge in [0.2, 0.25) is 0 Å². The number of nitrogens with one attached hydrogen (secondary N) is 1. The van der Waals surface area contributed by atoms with Gasteiger partial charge in [0.15, 0.2) is 5.69 Å². The molecule has 8 nitrogen and oxygen atoms in total. The Kier molecular flexibility index (Phi) is 5.04. The van der Waals surface area contributed by atoms with Gasteiger partial charge in [0.1, 0.15) is 5.82 Å². The van der Waals surface area contributed by atoms with Crippen LogP contribution in [0.2, 0.25) is 0 Å². The molecule has 0 amide bonds. The molecule has 0 fully saturated rings. The van der Waals surface area contributed by atoms with E-state index in [2.05, 4.69) is 5.32 Å². The van der Waals surface area contributed by atoms with Crippen molar-refractivity contribution in [3.05, 3.63) is 72.6 Å².